The summed E-state index contributed by atoms with van der Waals surface area (Å²) in [6.45, 7) is 1.60. The molecule has 21 heavy (non-hydrogen) atoms. The minimum atomic E-state index is 0.176. The molecule has 1 aromatic rings. The van der Waals surface area contributed by atoms with Crippen molar-refractivity contribution in [3.8, 4) is 5.88 Å². The van der Waals surface area contributed by atoms with Crippen LogP contribution in [-0.2, 0) is 4.79 Å². The molecule has 4 heteroatoms. The van der Waals surface area contributed by atoms with Gasteiger partial charge in [-0.3, -0.25) is 4.79 Å². The number of likely N-dealkylation sites (tertiary alicyclic amines) is 1. The number of amides is 1. The van der Waals surface area contributed by atoms with Crippen LogP contribution in [0, 0.1) is 5.92 Å². The fraction of sp³-hybridized carbons (Fsp3) is 0.529. The molecule has 0 aromatic carbocycles. The van der Waals surface area contributed by atoms with Crippen LogP contribution < -0.4 is 4.74 Å². The fourth-order valence-corrected chi connectivity index (χ4v) is 3.06. The second-order valence-corrected chi connectivity index (χ2v) is 5.79. The van der Waals surface area contributed by atoms with Gasteiger partial charge in [-0.25, -0.2) is 4.98 Å². The number of pyridine rings is 1. The second kappa shape index (κ2) is 6.74. The number of carbonyl (C=O) groups is 1. The van der Waals surface area contributed by atoms with Crippen LogP contribution in [-0.4, -0.2) is 35.0 Å². The number of aromatic nitrogens is 1. The van der Waals surface area contributed by atoms with Crippen molar-refractivity contribution in [1.82, 2.24) is 9.88 Å². The van der Waals surface area contributed by atoms with Gasteiger partial charge in [-0.2, -0.15) is 0 Å². The summed E-state index contributed by atoms with van der Waals surface area (Å²) in [5, 5.41) is 0. The number of allylic oxidation sites excluding steroid dienone is 2. The first-order valence-electron chi connectivity index (χ1n) is 7.84. The zero-order valence-electron chi connectivity index (χ0n) is 12.3. The highest BCUT2D eigenvalue weighted by Gasteiger charge is 2.28. The lowest BCUT2D eigenvalue weighted by molar-refractivity contribution is -0.137. The summed E-state index contributed by atoms with van der Waals surface area (Å²) in [6, 6.07) is 5.69. The molecule has 1 unspecified atom stereocenters. The molecule has 1 fully saturated rings. The lowest BCUT2D eigenvalue weighted by Crippen LogP contribution is -2.44. The van der Waals surface area contributed by atoms with E-state index in [1.165, 1.54) is 0 Å². The Labute approximate surface area is 125 Å². The average molecular weight is 286 g/mol. The van der Waals surface area contributed by atoms with E-state index in [1.807, 2.05) is 23.1 Å². The Bertz CT molecular complexity index is 493. The molecule has 112 valence electrons. The number of rotatable bonds is 3. The number of piperidine rings is 1. The summed E-state index contributed by atoms with van der Waals surface area (Å²) in [5.74, 6) is 1.21. The molecule has 2 aliphatic rings. The Kier molecular flexibility index (Phi) is 4.53. The van der Waals surface area contributed by atoms with Gasteiger partial charge >= 0.3 is 0 Å². The molecule has 0 spiro atoms. The third-order valence-corrected chi connectivity index (χ3v) is 4.30. The first-order valence-corrected chi connectivity index (χ1v) is 7.84. The molecule has 2 heterocycles. The molecule has 0 radical (unpaired) electrons. The SMILES string of the molecule is O=C(C1CC=CCC1)N1CCC(Oc2ccccn2)CC1. The molecule has 1 atom stereocenters. The largest absolute Gasteiger partial charge is 0.474 e. The molecule has 1 aliphatic carbocycles. The van der Waals surface area contributed by atoms with Gasteiger partial charge in [0.2, 0.25) is 11.8 Å². The average Bonchev–Trinajstić information content (AvgIpc) is 2.57. The minimum absolute atomic E-state index is 0.176. The Hall–Kier alpha value is -1.84. The second-order valence-electron chi connectivity index (χ2n) is 5.79. The normalized spacial score (nSPS) is 23.0. The van der Waals surface area contributed by atoms with E-state index in [0.29, 0.717) is 11.8 Å². The lowest BCUT2D eigenvalue weighted by Gasteiger charge is -2.34. The summed E-state index contributed by atoms with van der Waals surface area (Å²) < 4.78 is 5.87. The van der Waals surface area contributed by atoms with E-state index in [1.54, 1.807) is 6.20 Å². The van der Waals surface area contributed by atoms with Gasteiger partial charge in [0.25, 0.3) is 0 Å². The van der Waals surface area contributed by atoms with Gasteiger partial charge < -0.3 is 9.64 Å². The zero-order valence-corrected chi connectivity index (χ0v) is 12.3. The van der Waals surface area contributed by atoms with Crippen LogP contribution in [0.4, 0.5) is 0 Å². The first-order chi connectivity index (χ1) is 10.3. The first kappa shape index (κ1) is 14.1. The summed E-state index contributed by atoms with van der Waals surface area (Å²) in [4.78, 5) is 18.7. The number of hydrogen-bond donors (Lipinski definition) is 0. The smallest absolute Gasteiger partial charge is 0.226 e. The highest BCUT2D eigenvalue weighted by Crippen LogP contribution is 2.23. The minimum Gasteiger partial charge on any atom is -0.474 e. The van der Waals surface area contributed by atoms with Crippen LogP contribution in [0.1, 0.15) is 32.1 Å². The topological polar surface area (TPSA) is 42.4 Å². The zero-order chi connectivity index (χ0) is 14.5. The summed E-state index contributed by atoms with van der Waals surface area (Å²) in [5.41, 5.74) is 0. The quantitative estimate of drug-likeness (QED) is 0.802. The van der Waals surface area contributed by atoms with E-state index < -0.39 is 0 Å². The summed E-state index contributed by atoms with van der Waals surface area (Å²) >= 11 is 0. The van der Waals surface area contributed by atoms with E-state index in [-0.39, 0.29) is 12.0 Å². The van der Waals surface area contributed by atoms with Gasteiger partial charge in [-0.1, -0.05) is 18.2 Å². The molecule has 0 N–H and O–H groups in total. The summed E-state index contributed by atoms with van der Waals surface area (Å²) in [7, 11) is 0. The van der Waals surface area contributed by atoms with Crippen LogP contribution in [0.3, 0.4) is 0 Å². The van der Waals surface area contributed by atoms with Crippen LogP contribution in [0.25, 0.3) is 0 Å². The van der Waals surface area contributed by atoms with Gasteiger partial charge in [-0.05, 0) is 25.3 Å². The molecule has 1 saturated heterocycles. The van der Waals surface area contributed by atoms with Gasteiger partial charge in [0.1, 0.15) is 6.10 Å². The van der Waals surface area contributed by atoms with Crippen molar-refractivity contribution in [1.29, 1.82) is 0 Å². The lowest BCUT2D eigenvalue weighted by atomic mass is 9.92. The fourth-order valence-electron chi connectivity index (χ4n) is 3.06. The van der Waals surface area contributed by atoms with E-state index in [2.05, 4.69) is 17.1 Å². The van der Waals surface area contributed by atoms with Crippen molar-refractivity contribution >= 4 is 5.91 Å². The van der Waals surface area contributed by atoms with Gasteiger partial charge in [-0.15, -0.1) is 0 Å². The molecule has 3 rings (SSSR count). The van der Waals surface area contributed by atoms with Crippen LogP contribution in [0.15, 0.2) is 36.5 Å². The molecule has 0 bridgehead atoms. The van der Waals surface area contributed by atoms with Gasteiger partial charge in [0, 0.05) is 44.1 Å². The predicted molar refractivity (Wildman–Crippen MR) is 80.9 cm³/mol. The molecule has 1 aliphatic heterocycles. The van der Waals surface area contributed by atoms with Crippen LogP contribution >= 0.6 is 0 Å². The Morgan fingerprint density at radius 3 is 2.71 bits per heavy atom. The molecular weight excluding hydrogens is 264 g/mol. The van der Waals surface area contributed by atoms with Gasteiger partial charge in [0.05, 0.1) is 0 Å². The number of hydrogen-bond acceptors (Lipinski definition) is 3. The Morgan fingerprint density at radius 1 is 1.19 bits per heavy atom. The molecule has 0 saturated carbocycles. The number of nitrogens with zero attached hydrogens (tertiary/aromatic N) is 2. The van der Waals surface area contributed by atoms with E-state index in [0.717, 1.165) is 45.2 Å². The van der Waals surface area contributed by atoms with Crippen LogP contribution in [0.2, 0.25) is 0 Å². The molecule has 1 aromatic heterocycles. The predicted octanol–water partition coefficient (Wildman–Crippen LogP) is 2.81. The van der Waals surface area contributed by atoms with Gasteiger partial charge in [0.15, 0.2) is 0 Å². The van der Waals surface area contributed by atoms with E-state index in [4.69, 9.17) is 4.74 Å². The number of carbonyl (C=O) groups excluding carboxylic acids is 1. The standard InChI is InChI=1S/C17H22N2O2/c20-17(14-6-2-1-3-7-14)19-12-9-15(10-13-19)21-16-8-4-5-11-18-16/h1-2,4-5,8,11,14-15H,3,6-7,9-10,12-13H2. The summed E-state index contributed by atoms with van der Waals surface area (Å²) in [6.07, 6.45) is 11.0. The molecule has 1 amide bonds. The Balaban J connectivity index is 1.48. The molecule has 4 nitrogen and oxygen atoms in total. The Morgan fingerprint density at radius 2 is 2.05 bits per heavy atom. The maximum atomic E-state index is 12.5. The molecular formula is C17H22N2O2. The van der Waals surface area contributed by atoms with Crippen molar-refractivity contribution in [2.45, 2.75) is 38.2 Å². The van der Waals surface area contributed by atoms with E-state index in [9.17, 15) is 4.79 Å². The van der Waals surface area contributed by atoms with Crippen molar-refractivity contribution in [2.75, 3.05) is 13.1 Å². The monoisotopic (exact) mass is 286 g/mol. The van der Waals surface area contributed by atoms with Crippen molar-refractivity contribution in [3.63, 3.8) is 0 Å². The highest BCUT2D eigenvalue weighted by atomic mass is 16.5. The third-order valence-electron chi connectivity index (χ3n) is 4.30. The van der Waals surface area contributed by atoms with E-state index >= 15 is 0 Å². The van der Waals surface area contributed by atoms with Crippen molar-refractivity contribution in [3.05, 3.63) is 36.5 Å². The van der Waals surface area contributed by atoms with Crippen molar-refractivity contribution in [2.24, 2.45) is 5.92 Å². The maximum absolute atomic E-state index is 12.5. The van der Waals surface area contributed by atoms with Crippen molar-refractivity contribution < 1.29 is 9.53 Å². The number of ether oxygens (including phenoxy) is 1. The van der Waals surface area contributed by atoms with Crippen LogP contribution in [0.5, 0.6) is 5.88 Å². The maximum Gasteiger partial charge on any atom is 0.226 e. The third kappa shape index (κ3) is 3.63. The highest BCUT2D eigenvalue weighted by molar-refractivity contribution is 5.79.